The number of carbonyl (C=O) groups is 1. The number of esters is 1. The molecule has 0 aromatic rings. The van der Waals surface area contributed by atoms with E-state index < -0.39 is 6.04 Å². The van der Waals surface area contributed by atoms with Crippen molar-refractivity contribution in [1.82, 2.24) is 0 Å². The Kier molecular flexibility index (Phi) is 8.81. The number of rotatable bonds is 9. The molecule has 0 aliphatic heterocycles. The molecule has 0 saturated heterocycles. The van der Waals surface area contributed by atoms with Crippen LogP contribution in [0, 0.1) is 5.92 Å². The first kappa shape index (κ1) is 15.1. The standard InChI is InChI=1S/C12H22NO3/c1-3-10(2)11(13)12(15)16-9-7-5-4-6-8-14/h10-11H,3-7,9,13H2,1-2H3/t10-,11-/m0/s1. The number of hydrogen-bond donors (Lipinski definition) is 1. The van der Waals surface area contributed by atoms with Crippen molar-refractivity contribution in [1.29, 1.82) is 0 Å². The second-order valence-electron chi connectivity index (χ2n) is 4.03. The highest BCUT2D eigenvalue weighted by Crippen LogP contribution is 2.07. The minimum atomic E-state index is -0.520. The summed E-state index contributed by atoms with van der Waals surface area (Å²) >= 11 is 0. The minimum absolute atomic E-state index is 0.150. The molecule has 0 amide bonds. The first-order valence-electron chi connectivity index (χ1n) is 5.90. The second-order valence-corrected chi connectivity index (χ2v) is 4.03. The Labute approximate surface area is 97.5 Å². The predicted molar refractivity (Wildman–Crippen MR) is 62.6 cm³/mol. The van der Waals surface area contributed by atoms with E-state index in [1.54, 1.807) is 0 Å². The third-order valence-corrected chi connectivity index (χ3v) is 2.70. The van der Waals surface area contributed by atoms with E-state index in [4.69, 9.17) is 10.5 Å². The molecule has 0 rings (SSSR count). The highest BCUT2D eigenvalue weighted by atomic mass is 16.5. The van der Waals surface area contributed by atoms with Gasteiger partial charge in [0.25, 0.3) is 0 Å². The SMILES string of the molecule is CC[C@H](C)[C@H](N)C(=O)OCCCCC[C]=O. The van der Waals surface area contributed by atoms with Crippen molar-refractivity contribution in [3.8, 4) is 0 Å². The maximum absolute atomic E-state index is 11.4. The normalized spacial score (nSPS) is 14.2. The summed E-state index contributed by atoms with van der Waals surface area (Å²) < 4.78 is 5.04. The van der Waals surface area contributed by atoms with E-state index in [0.717, 1.165) is 25.7 Å². The maximum Gasteiger partial charge on any atom is 0.323 e. The van der Waals surface area contributed by atoms with Gasteiger partial charge >= 0.3 is 5.97 Å². The van der Waals surface area contributed by atoms with Crippen molar-refractivity contribution >= 4 is 12.3 Å². The summed E-state index contributed by atoms with van der Waals surface area (Å²) in [5.41, 5.74) is 5.71. The number of carbonyl (C=O) groups excluding carboxylic acids is 2. The van der Waals surface area contributed by atoms with Gasteiger partial charge in [-0.15, -0.1) is 0 Å². The van der Waals surface area contributed by atoms with E-state index in [0.29, 0.717) is 13.0 Å². The number of hydrogen-bond acceptors (Lipinski definition) is 4. The van der Waals surface area contributed by atoms with Crippen LogP contribution in [0.15, 0.2) is 0 Å². The van der Waals surface area contributed by atoms with Crippen molar-refractivity contribution in [2.45, 2.75) is 52.0 Å². The van der Waals surface area contributed by atoms with Crippen molar-refractivity contribution in [3.63, 3.8) is 0 Å². The zero-order valence-electron chi connectivity index (χ0n) is 10.2. The molecule has 0 aliphatic carbocycles. The molecule has 1 radical (unpaired) electrons. The van der Waals surface area contributed by atoms with Crippen LogP contribution in [0.25, 0.3) is 0 Å². The summed E-state index contributed by atoms with van der Waals surface area (Å²) in [6.45, 7) is 4.32. The Morgan fingerprint density at radius 3 is 2.62 bits per heavy atom. The Balaban J connectivity index is 3.53. The Morgan fingerprint density at radius 1 is 1.38 bits per heavy atom. The van der Waals surface area contributed by atoms with E-state index >= 15 is 0 Å². The zero-order chi connectivity index (χ0) is 12.4. The molecule has 0 saturated carbocycles. The van der Waals surface area contributed by atoms with Crippen LogP contribution in [0.5, 0.6) is 0 Å². The minimum Gasteiger partial charge on any atom is -0.465 e. The maximum atomic E-state index is 11.4. The lowest BCUT2D eigenvalue weighted by Gasteiger charge is -2.16. The molecule has 0 aromatic heterocycles. The average Bonchev–Trinajstić information content (AvgIpc) is 2.31. The van der Waals surface area contributed by atoms with Crippen molar-refractivity contribution < 1.29 is 14.3 Å². The molecular weight excluding hydrogens is 206 g/mol. The molecule has 0 spiro atoms. The fourth-order valence-electron chi connectivity index (χ4n) is 1.23. The fourth-order valence-corrected chi connectivity index (χ4v) is 1.23. The largest absolute Gasteiger partial charge is 0.465 e. The monoisotopic (exact) mass is 228 g/mol. The molecule has 0 heterocycles. The molecule has 4 nitrogen and oxygen atoms in total. The lowest BCUT2D eigenvalue weighted by molar-refractivity contribution is -0.146. The highest BCUT2D eigenvalue weighted by molar-refractivity contribution is 5.75. The molecule has 0 aromatic carbocycles. The first-order valence-corrected chi connectivity index (χ1v) is 5.90. The highest BCUT2D eigenvalue weighted by Gasteiger charge is 2.20. The van der Waals surface area contributed by atoms with Gasteiger partial charge in [-0.3, -0.25) is 9.59 Å². The lowest BCUT2D eigenvalue weighted by atomic mass is 10.0. The molecular formula is C12H22NO3. The molecule has 2 atom stereocenters. The van der Waals surface area contributed by atoms with Gasteiger partial charge in [-0.2, -0.15) is 0 Å². The molecule has 93 valence electrons. The summed E-state index contributed by atoms with van der Waals surface area (Å²) in [6, 6.07) is -0.520. The molecule has 16 heavy (non-hydrogen) atoms. The summed E-state index contributed by atoms with van der Waals surface area (Å²) in [7, 11) is 0. The van der Waals surface area contributed by atoms with Gasteiger partial charge < -0.3 is 10.5 Å². The van der Waals surface area contributed by atoms with Gasteiger partial charge in [0.2, 0.25) is 0 Å². The van der Waals surface area contributed by atoms with E-state index in [2.05, 4.69) is 0 Å². The van der Waals surface area contributed by atoms with E-state index in [1.807, 2.05) is 20.1 Å². The van der Waals surface area contributed by atoms with E-state index in [1.165, 1.54) is 0 Å². The Hall–Kier alpha value is -0.900. The third-order valence-electron chi connectivity index (χ3n) is 2.70. The van der Waals surface area contributed by atoms with Gasteiger partial charge in [0.05, 0.1) is 6.61 Å². The average molecular weight is 228 g/mol. The van der Waals surface area contributed by atoms with Gasteiger partial charge in [-0.25, -0.2) is 0 Å². The van der Waals surface area contributed by atoms with Crippen molar-refractivity contribution in [2.75, 3.05) is 6.61 Å². The number of unbranched alkanes of at least 4 members (excludes halogenated alkanes) is 3. The van der Waals surface area contributed by atoms with Crippen LogP contribution in [-0.4, -0.2) is 24.9 Å². The van der Waals surface area contributed by atoms with Crippen LogP contribution in [0.3, 0.4) is 0 Å². The van der Waals surface area contributed by atoms with Crippen LogP contribution < -0.4 is 5.73 Å². The number of nitrogens with two attached hydrogens (primary N) is 1. The topological polar surface area (TPSA) is 69.4 Å². The quantitative estimate of drug-likeness (QED) is 0.480. The van der Waals surface area contributed by atoms with Crippen LogP contribution in [0.2, 0.25) is 0 Å². The van der Waals surface area contributed by atoms with Crippen molar-refractivity contribution in [3.05, 3.63) is 0 Å². The lowest BCUT2D eigenvalue weighted by Crippen LogP contribution is -2.38. The zero-order valence-corrected chi connectivity index (χ0v) is 10.2. The van der Waals surface area contributed by atoms with Crippen LogP contribution >= 0.6 is 0 Å². The third kappa shape index (κ3) is 6.56. The molecule has 0 bridgehead atoms. The van der Waals surface area contributed by atoms with Gasteiger partial charge in [0, 0.05) is 6.42 Å². The summed E-state index contributed by atoms with van der Waals surface area (Å²) in [5.74, 6) is -0.173. The Morgan fingerprint density at radius 2 is 2.06 bits per heavy atom. The molecule has 0 aliphatic rings. The molecule has 0 unspecified atom stereocenters. The summed E-state index contributed by atoms with van der Waals surface area (Å²) in [5, 5.41) is 0. The van der Waals surface area contributed by atoms with Gasteiger partial charge in [-0.1, -0.05) is 20.3 Å². The fraction of sp³-hybridized carbons (Fsp3) is 0.833. The molecule has 0 fully saturated rings. The van der Waals surface area contributed by atoms with Gasteiger partial charge in [0.15, 0.2) is 6.29 Å². The number of ether oxygens (including phenoxy) is 1. The summed E-state index contributed by atoms with van der Waals surface area (Å²) in [4.78, 5) is 21.3. The van der Waals surface area contributed by atoms with E-state index in [9.17, 15) is 9.59 Å². The van der Waals surface area contributed by atoms with Crippen LogP contribution in [0.1, 0.15) is 46.0 Å². The van der Waals surface area contributed by atoms with Gasteiger partial charge in [0.1, 0.15) is 6.04 Å². The first-order chi connectivity index (χ1) is 7.63. The second kappa shape index (κ2) is 9.33. The molecule has 4 heteroatoms. The van der Waals surface area contributed by atoms with E-state index in [-0.39, 0.29) is 11.9 Å². The Bertz CT molecular complexity index is 206. The summed E-state index contributed by atoms with van der Waals surface area (Å²) in [6.07, 6.45) is 5.61. The molecule has 2 N–H and O–H groups in total. The van der Waals surface area contributed by atoms with Gasteiger partial charge in [-0.05, 0) is 25.2 Å². The van der Waals surface area contributed by atoms with Crippen LogP contribution in [0.4, 0.5) is 0 Å². The predicted octanol–water partition coefficient (Wildman–Crippen LogP) is 1.57. The van der Waals surface area contributed by atoms with Crippen LogP contribution in [-0.2, 0) is 14.3 Å². The smallest absolute Gasteiger partial charge is 0.323 e. The van der Waals surface area contributed by atoms with Crippen molar-refractivity contribution in [2.24, 2.45) is 11.7 Å².